The monoisotopic (exact) mass is 406 g/mol. The van der Waals surface area contributed by atoms with Crippen molar-refractivity contribution < 1.29 is 14.3 Å². The number of ether oxygens (including phenoxy) is 1. The first kappa shape index (κ1) is 21.6. The van der Waals surface area contributed by atoms with Crippen LogP contribution in [0.4, 0.5) is 0 Å². The molecule has 1 aromatic carbocycles. The molecule has 1 aliphatic rings. The van der Waals surface area contributed by atoms with Gasteiger partial charge in [0.05, 0.1) is 18.3 Å². The highest BCUT2D eigenvalue weighted by molar-refractivity contribution is 6.16. The Labute approximate surface area is 178 Å². The van der Waals surface area contributed by atoms with Gasteiger partial charge in [0.15, 0.2) is 0 Å². The molecule has 1 amide bonds. The average Bonchev–Trinajstić information content (AvgIpc) is 3.06. The second kappa shape index (κ2) is 7.98. The van der Waals surface area contributed by atoms with Crippen molar-refractivity contribution in [3.63, 3.8) is 0 Å². The minimum absolute atomic E-state index is 0.0502. The van der Waals surface area contributed by atoms with Gasteiger partial charge in [0.2, 0.25) is 0 Å². The predicted molar refractivity (Wildman–Crippen MR) is 119 cm³/mol. The molecule has 0 saturated heterocycles. The molecule has 2 aromatic rings. The second-order valence-corrected chi connectivity index (χ2v) is 8.29. The number of nitrogens with zero attached hydrogens (tertiary/aromatic N) is 2. The van der Waals surface area contributed by atoms with Crippen molar-refractivity contribution in [1.29, 1.82) is 0 Å². The van der Waals surface area contributed by atoms with Crippen molar-refractivity contribution in [1.82, 2.24) is 9.47 Å². The molecule has 30 heavy (non-hydrogen) atoms. The Bertz CT molecular complexity index is 1080. The third-order valence-corrected chi connectivity index (χ3v) is 5.58. The van der Waals surface area contributed by atoms with Gasteiger partial charge in [-0.25, -0.2) is 4.79 Å². The number of carbonyl (C=O) groups is 2. The van der Waals surface area contributed by atoms with E-state index in [4.69, 9.17) is 4.74 Å². The molecule has 3 rings (SSSR count). The van der Waals surface area contributed by atoms with E-state index in [1.807, 2.05) is 33.8 Å². The number of aryl methyl sites for hydroxylation is 3. The van der Waals surface area contributed by atoms with Crippen LogP contribution in [0, 0.1) is 27.7 Å². The van der Waals surface area contributed by atoms with Crippen molar-refractivity contribution in [3.05, 3.63) is 69.2 Å². The molecule has 0 N–H and O–H groups in total. The molecule has 1 aromatic heterocycles. The van der Waals surface area contributed by atoms with E-state index in [9.17, 15) is 9.59 Å². The van der Waals surface area contributed by atoms with Gasteiger partial charge in [0.25, 0.3) is 5.91 Å². The zero-order chi connectivity index (χ0) is 22.3. The summed E-state index contributed by atoms with van der Waals surface area (Å²) < 4.78 is 7.16. The Morgan fingerprint density at radius 2 is 1.60 bits per heavy atom. The van der Waals surface area contributed by atoms with E-state index in [1.165, 1.54) is 18.2 Å². The van der Waals surface area contributed by atoms with Crippen LogP contribution in [-0.4, -0.2) is 34.5 Å². The smallest absolute Gasteiger partial charge is 0.340 e. The first-order chi connectivity index (χ1) is 14.1. The lowest BCUT2D eigenvalue weighted by Gasteiger charge is -2.22. The molecule has 0 fully saturated rings. The first-order valence-electron chi connectivity index (χ1n) is 10.2. The number of esters is 1. The molecule has 1 aliphatic heterocycles. The minimum atomic E-state index is -0.488. The molecule has 5 heteroatoms. The van der Waals surface area contributed by atoms with E-state index in [1.54, 1.807) is 11.8 Å². The highest BCUT2D eigenvalue weighted by atomic mass is 16.5. The number of hydrogen-bond acceptors (Lipinski definition) is 3. The minimum Gasteiger partial charge on any atom is -0.465 e. The topological polar surface area (TPSA) is 51.5 Å². The summed E-state index contributed by atoms with van der Waals surface area (Å²) in [6.45, 7) is 13.9. The lowest BCUT2D eigenvalue weighted by molar-refractivity contribution is -0.136. The molecule has 0 atom stereocenters. The predicted octanol–water partition coefficient (Wildman–Crippen LogP) is 4.79. The SMILES string of the molecule is COC(=O)C1=C(C)N(C(C)C)C(=O)/C1=C\c1cc(C)n(-c2cc(C)cc(C)c2)c1C. The van der Waals surface area contributed by atoms with Gasteiger partial charge in [-0.15, -0.1) is 0 Å². The summed E-state index contributed by atoms with van der Waals surface area (Å²) in [6.07, 6.45) is 1.82. The van der Waals surface area contributed by atoms with Gasteiger partial charge in [-0.2, -0.15) is 0 Å². The maximum Gasteiger partial charge on any atom is 0.340 e. The molecule has 0 unspecified atom stereocenters. The first-order valence-corrected chi connectivity index (χ1v) is 10.2. The number of carbonyl (C=O) groups excluding carboxylic acids is 2. The normalized spacial score (nSPS) is 15.7. The van der Waals surface area contributed by atoms with E-state index >= 15 is 0 Å². The Morgan fingerprint density at radius 1 is 1.00 bits per heavy atom. The van der Waals surface area contributed by atoms with E-state index in [2.05, 4.69) is 42.7 Å². The third-order valence-electron chi connectivity index (χ3n) is 5.58. The Kier molecular flexibility index (Phi) is 5.75. The maximum absolute atomic E-state index is 13.2. The summed E-state index contributed by atoms with van der Waals surface area (Å²) in [4.78, 5) is 27.3. The Morgan fingerprint density at radius 3 is 2.13 bits per heavy atom. The van der Waals surface area contributed by atoms with E-state index in [-0.39, 0.29) is 11.9 Å². The van der Waals surface area contributed by atoms with Gasteiger partial charge in [-0.3, -0.25) is 4.79 Å². The standard InChI is InChI=1S/C25H30N2O3/c1-14(2)26-19(7)23(25(29)30-8)22(24(26)28)13-20-12-17(5)27(18(20)6)21-10-15(3)9-16(4)11-21/h9-14H,1-8H3/b22-13-. The number of rotatable bonds is 4. The average molecular weight is 407 g/mol. The zero-order valence-corrected chi connectivity index (χ0v) is 19.1. The maximum atomic E-state index is 13.2. The van der Waals surface area contributed by atoms with Crippen molar-refractivity contribution >= 4 is 18.0 Å². The van der Waals surface area contributed by atoms with Gasteiger partial charge >= 0.3 is 5.97 Å². The summed E-state index contributed by atoms with van der Waals surface area (Å²) in [5.41, 5.74) is 7.84. The molecule has 0 saturated carbocycles. The van der Waals surface area contributed by atoms with Crippen LogP contribution in [-0.2, 0) is 14.3 Å². The van der Waals surface area contributed by atoms with Gasteiger partial charge in [0.1, 0.15) is 0 Å². The highest BCUT2D eigenvalue weighted by Gasteiger charge is 2.38. The lowest BCUT2D eigenvalue weighted by atomic mass is 10.0. The summed E-state index contributed by atoms with van der Waals surface area (Å²) >= 11 is 0. The molecule has 0 aliphatic carbocycles. The van der Waals surface area contributed by atoms with Crippen LogP contribution in [0.2, 0.25) is 0 Å². The molecule has 0 bridgehead atoms. The van der Waals surface area contributed by atoms with Crippen molar-refractivity contribution in [2.24, 2.45) is 0 Å². The molecular weight excluding hydrogens is 376 g/mol. The van der Waals surface area contributed by atoms with Crippen LogP contribution in [0.25, 0.3) is 11.8 Å². The summed E-state index contributed by atoms with van der Waals surface area (Å²) in [6, 6.07) is 8.44. The fourth-order valence-corrected chi connectivity index (χ4v) is 4.39. The van der Waals surface area contributed by atoms with Crippen molar-refractivity contribution in [2.45, 2.75) is 54.5 Å². The third kappa shape index (κ3) is 3.60. The van der Waals surface area contributed by atoms with E-state index in [0.29, 0.717) is 16.8 Å². The van der Waals surface area contributed by atoms with E-state index < -0.39 is 5.97 Å². The molecule has 5 nitrogen and oxygen atoms in total. The molecule has 2 heterocycles. The number of allylic oxidation sites excluding steroid dienone is 1. The fraction of sp³-hybridized carbons (Fsp3) is 0.360. The van der Waals surface area contributed by atoms with Crippen LogP contribution in [0.15, 0.2) is 41.1 Å². The summed E-state index contributed by atoms with van der Waals surface area (Å²) in [7, 11) is 1.34. The summed E-state index contributed by atoms with van der Waals surface area (Å²) in [5, 5.41) is 0. The van der Waals surface area contributed by atoms with Gasteiger partial charge in [-0.1, -0.05) is 6.07 Å². The van der Waals surface area contributed by atoms with Gasteiger partial charge < -0.3 is 14.2 Å². The van der Waals surface area contributed by atoms with Crippen LogP contribution in [0.5, 0.6) is 0 Å². The van der Waals surface area contributed by atoms with Crippen LogP contribution < -0.4 is 0 Å². The van der Waals surface area contributed by atoms with Crippen molar-refractivity contribution in [3.8, 4) is 5.69 Å². The number of benzene rings is 1. The summed E-state index contributed by atoms with van der Waals surface area (Å²) in [5.74, 6) is -0.655. The van der Waals surface area contributed by atoms with Crippen LogP contribution >= 0.6 is 0 Å². The molecular formula is C25H30N2O3. The number of aromatic nitrogens is 1. The van der Waals surface area contributed by atoms with Crippen molar-refractivity contribution in [2.75, 3.05) is 7.11 Å². The highest BCUT2D eigenvalue weighted by Crippen LogP contribution is 2.34. The van der Waals surface area contributed by atoms with Crippen LogP contribution in [0.1, 0.15) is 48.8 Å². The molecule has 0 radical (unpaired) electrons. The number of amides is 1. The Hall–Kier alpha value is -3.08. The Balaban J connectivity index is 2.17. The van der Waals surface area contributed by atoms with Crippen LogP contribution in [0.3, 0.4) is 0 Å². The molecule has 158 valence electrons. The van der Waals surface area contributed by atoms with E-state index in [0.717, 1.165) is 22.6 Å². The number of hydrogen-bond donors (Lipinski definition) is 0. The molecule has 0 spiro atoms. The fourth-order valence-electron chi connectivity index (χ4n) is 4.39. The van der Waals surface area contributed by atoms with Gasteiger partial charge in [-0.05, 0) is 89.4 Å². The largest absolute Gasteiger partial charge is 0.465 e. The number of methoxy groups -OCH3 is 1. The zero-order valence-electron chi connectivity index (χ0n) is 19.1. The quantitative estimate of drug-likeness (QED) is 0.542. The second-order valence-electron chi connectivity index (χ2n) is 8.29. The lowest BCUT2D eigenvalue weighted by Crippen LogP contribution is -2.31. The van der Waals surface area contributed by atoms with Gasteiger partial charge in [0, 0.05) is 28.8 Å².